The number of ether oxygens (including phenoxy) is 1. The molecule has 0 fully saturated rings. The number of unbranched alkanes of at least 4 members (excludes halogenated alkanes) is 4. The lowest BCUT2D eigenvalue weighted by Crippen LogP contribution is -2.00. The monoisotopic (exact) mass is 419 g/mol. The molecule has 0 aliphatic rings. The summed E-state index contributed by atoms with van der Waals surface area (Å²) in [5.41, 5.74) is 4.10. The molecule has 0 radical (unpaired) electrons. The molecule has 3 aromatic rings. The molecule has 0 aliphatic heterocycles. The lowest BCUT2D eigenvalue weighted by Gasteiger charge is -2.09. The van der Waals surface area contributed by atoms with E-state index in [9.17, 15) is 8.78 Å². The van der Waals surface area contributed by atoms with Gasteiger partial charge in [-0.05, 0) is 47.2 Å². The van der Waals surface area contributed by atoms with Crippen LogP contribution in [0.4, 0.5) is 8.78 Å². The highest BCUT2D eigenvalue weighted by Gasteiger charge is 2.14. The van der Waals surface area contributed by atoms with Crippen LogP contribution in [0.3, 0.4) is 0 Å². The number of aryl methyl sites for hydroxylation is 1. The zero-order valence-corrected chi connectivity index (χ0v) is 17.8. The van der Waals surface area contributed by atoms with Crippen LogP contribution in [-0.2, 0) is 13.0 Å². The van der Waals surface area contributed by atoms with Gasteiger partial charge in [0.1, 0.15) is 12.7 Å². The molecule has 160 valence electrons. The molecule has 0 saturated heterocycles. The SMILES string of the molecule is CCCCCCCc1ccc(-c2ccc(COc3ccc(C#N)c(F)c3F)cc2)cc1. The molecule has 0 heterocycles. The van der Waals surface area contributed by atoms with Gasteiger partial charge >= 0.3 is 0 Å². The van der Waals surface area contributed by atoms with Gasteiger partial charge in [0.25, 0.3) is 0 Å². The average molecular weight is 420 g/mol. The van der Waals surface area contributed by atoms with Crippen LogP contribution < -0.4 is 4.74 Å². The maximum absolute atomic E-state index is 14.0. The van der Waals surface area contributed by atoms with E-state index in [0.29, 0.717) is 0 Å². The summed E-state index contributed by atoms with van der Waals surface area (Å²) in [6, 6.07) is 20.6. The van der Waals surface area contributed by atoms with E-state index in [4.69, 9.17) is 10.00 Å². The summed E-state index contributed by atoms with van der Waals surface area (Å²) in [4.78, 5) is 0. The quantitative estimate of drug-likeness (QED) is 0.317. The van der Waals surface area contributed by atoms with Gasteiger partial charge in [0, 0.05) is 0 Å². The molecule has 2 nitrogen and oxygen atoms in total. The molecule has 4 heteroatoms. The molecule has 0 saturated carbocycles. The third kappa shape index (κ3) is 6.15. The van der Waals surface area contributed by atoms with Crippen LogP contribution in [-0.4, -0.2) is 0 Å². The van der Waals surface area contributed by atoms with Gasteiger partial charge in [0.05, 0.1) is 5.56 Å². The number of benzene rings is 3. The molecular formula is C27H27F2NO. The Balaban J connectivity index is 1.55. The highest BCUT2D eigenvalue weighted by Crippen LogP contribution is 2.25. The van der Waals surface area contributed by atoms with Crippen LogP contribution in [0.15, 0.2) is 60.7 Å². The van der Waals surface area contributed by atoms with E-state index in [0.717, 1.165) is 23.1 Å². The molecule has 0 unspecified atom stereocenters. The maximum atomic E-state index is 14.0. The van der Waals surface area contributed by atoms with Crippen molar-refractivity contribution in [3.63, 3.8) is 0 Å². The summed E-state index contributed by atoms with van der Waals surface area (Å²) in [7, 11) is 0. The van der Waals surface area contributed by atoms with Crippen molar-refractivity contribution >= 4 is 0 Å². The number of nitrogens with zero attached hydrogens (tertiary/aromatic N) is 1. The second-order valence-electron chi connectivity index (χ2n) is 7.70. The van der Waals surface area contributed by atoms with Gasteiger partial charge in [-0.3, -0.25) is 0 Å². The fourth-order valence-electron chi connectivity index (χ4n) is 3.48. The Bertz CT molecular complexity index is 1020. The van der Waals surface area contributed by atoms with Gasteiger partial charge < -0.3 is 4.74 Å². The zero-order valence-electron chi connectivity index (χ0n) is 17.8. The van der Waals surface area contributed by atoms with Crippen LogP contribution in [0.5, 0.6) is 5.75 Å². The second kappa shape index (κ2) is 11.3. The Kier molecular flexibility index (Phi) is 8.18. The van der Waals surface area contributed by atoms with Crippen LogP contribution in [0.2, 0.25) is 0 Å². The van der Waals surface area contributed by atoms with Crippen molar-refractivity contribution in [2.75, 3.05) is 0 Å². The first-order valence-corrected chi connectivity index (χ1v) is 10.8. The number of rotatable bonds is 10. The first-order valence-electron chi connectivity index (χ1n) is 10.8. The van der Waals surface area contributed by atoms with Crippen LogP contribution in [0.25, 0.3) is 11.1 Å². The van der Waals surface area contributed by atoms with Gasteiger partial charge in [-0.15, -0.1) is 0 Å². The van der Waals surface area contributed by atoms with Crippen LogP contribution in [0.1, 0.15) is 55.7 Å². The number of hydrogen-bond donors (Lipinski definition) is 0. The van der Waals surface area contributed by atoms with Crippen molar-refractivity contribution < 1.29 is 13.5 Å². The van der Waals surface area contributed by atoms with Gasteiger partial charge in [-0.25, -0.2) is 4.39 Å². The van der Waals surface area contributed by atoms with E-state index in [1.165, 1.54) is 49.8 Å². The lowest BCUT2D eigenvalue weighted by molar-refractivity contribution is 0.284. The fraction of sp³-hybridized carbons (Fsp3) is 0.296. The molecule has 31 heavy (non-hydrogen) atoms. The summed E-state index contributed by atoms with van der Waals surface area (Å²) >= 11 is 0. The molecule has 0 aliphatic carbocycles. The van der Waals surface area contributed by atoms with E-state index < -0.39 is 11.6 Å². The molecule has 0 aromatic heterocycles. The standard InChI is InChI=1S/C27H27F2NO/c1-2-3-4-5-6-7-20-8-12-22(13-9-20)23-14-10-21(11-15-23)19-31-25-17-16-24(18-30)26(28)27(25)29/h8-17H,2-7,19H2,1H3. The Hall–Kier alpha value is -3.19. The fourth-order valence-corrected chi connectivity index (χ4v) is 3.48. The van der Waals surface area contributed by atoms with Crippen molar-refractivity contribution in [2.24, 2.45) is 0 Å². The summed E-state index contributed by atoms with van der Waals surface area (Å²) in [5.74, 6) is -2.52. The highest BCUT2D eigenvalue weighted by molar-refractivity contribution is 5.64. The molecule has 3 rings (SSSR count). The summed E-state index contributed by atoms with van der Waals surface area (Å²) in [6.07, 6.45) is 7.55. The molecule has 3 aromatic carbocycles. The van der Waals surface area contributed by atoms with E-state index in [1.54, 1.807) is 6.07 Å². The minimum atomic E-state index is -1.18. The minimum absolute atomic E-state index is 0.111. The van der Waals surface area contributed by atoms with Crippen molar-refractivity contribution in [1.29, 1.82) is 5.26 Å². The Morgan fingerprint density at radius 2 is 1.35 bits per heavy atom. The average Bonchev–Trinajstić information content (AvgIpc) is 2.81. The normalized spacial score (nSPS) is 10.6. The van der Waals surface area contributed by atoms with Crippen LogP contribution >= 0.6 is 0 Å². The summed E-state index contributed by atoms with van der Waals surface area (Å²) in [5, 5.41) is 8.75. The van der Waals surface area contributed by atoms with Crippen molar-refractivity contribution in [3.05, 3.63) is 89.0 Å². The molecule has 0 bridgehead atoms. The van der Waals surface area contributed by atoms with Gasteiger partial charge in [-0.1, -0.05) is 81.1 Å². The molecule has 0 spiro atoms. The molecule has 0 atom stereocenters. The van der Waals surface area contributed by atoms with Gasteiger partial charge in [0.2, 0.25) is 5.82 Å². The third-order valence-corrected chi connectivity index (χ3v) is 5.37. The largest absolute Gasteiger partial charge is 0.486 e. The Labute approximate surface area is 183 Å². The predicted octanol–water partition coefficient (Wildman–Crippen LogP) is 7.60. The predicted molar refractivity (Wildman–Crippen MR) is 120 cm³/mol. The number of halogens is 2. The second-order valence-corrected chi connectivity index (χ2v) is 7.70. The minimum Gasteiger partial charge on any atom is -0.486 e. The molecular weight excluding hydrogens is 392 g/mol. The third-order valence-electron chi connectivity index (χ3n) is 5.37. The first-order chi connectivity index (χ1) is 15.1. The van der Waals surface area contributed by atoms with Crippen molar-refractivity contribution in [3.8, 4) is 22.9 Å². The lowest BCUT2D eigenvalue weighted by atomic mass is 10.00. The number of nitriles is 1. The zero-order chi connectivity index (χ0) is 22.1. The van der Waals surface area contributed by atoms with E-state index in [-0.39, 0.29) is 17.9 Å². The summed E-state index contributed by atoms with van der Waals surface area (Å²) < 4.78 is 33.1. The van der Waals surface area contributed by atoms with E-state index in [2.05, 4.69) is 31.2 Å². The van der Waals surface area contributed by atoms with Crippen molar-refractivity contribution in [1.82, 2.24) is 0 Å². The summed E-state index contributed by atoms with van der Waals surface area (Å²) in [6.45, 7) is 2.34. The highest BCUT2D eigenvalue weighted by atomic mass is 19.2. The Morgan fingerprint density at radius 3 is 1.97 bits per heavy atom. The topological polar surface area (TPSA) is 33.0 Å². The molecule has 0 N–H and O–H groups in total. The Morgan fingerprint density at radius 1 is 0.742 bits per heavy atom. The van der Waals surface area contributed by atoms with Crippen LogP contribution in [0, 0.1) is 23.0 Å². The van der Waals surface area contributed by atoms with E-state index >= 15 is 0 Å². The van der Waals surface area contributed by atoms with Gasteiger partial charge in [0.15, 0.2) is 11.6 Å². The van der Waals surface area contributed by atoms with Crippen molar-refractivity contribution in [2.45, 2.75) is 52.1 Å². The number of hydrogen-bond acceptors (Lipinski definition) is 2. The van der Waals surface area contributed by atoms with Gasteiger partial charge in [-0.2, -0.15) is 9.65 Å². The maximum Gasteiger partial charge on any atom is 0.202 e. The smallest absolute Gasteiger partial charge is 0.202 e. The first kappa shape index (κ1) is 22.5. The van der Waals surface area contributed by atoms with E-state index in [1.807, 2.05) is 24.3 Å². The molecule has 0 amide bonds.